The van der Waals surface area contributed by atoms with Gasteiger partial charge >= 0.3 is 0 Å². The Hall–Kier alpha value is -8.92. The van der Waals surface area contributed by atoms with Gasteiger partial charge in [0.1, 0.15) is 0 Å². The second kappa shape index (κ2) is 15.1. The summed E-state index contributed by atoms with van der Waals surface area (Å²) in [6.07, 6.45) is 0. The van der Waals surface area contributed by atoms with Gasteiger partial charge < -0.3 is 14.4 Å². The predicted octanol–water partition coefficient (Wildman–Crippen LogP) is 17.2. The molecule has 0 radical (unpaired) electrons. The van der Waals surface area contributed by atoms with E-state index in [0.29, 0.717) is 0 Å². The second-order valence-corrected chi connectivity index (χ2v) is 18.0. The maximum absolute atomic E-state index is 2.56. The van der Waals surface area contributed by atoms with E-state index in [4.69, 9.17) is 0 Å². The van der Waals surface area contributed by atoms with E-state index in [0.717, 1.165) is 34.1 Å². The molecule has 1 spiro atoms. The molecule has 12 aromatic rings. The Bertz CT molecular complexity index is 3870. The number of rotatable bonds is 7. The number of para-hydroxylation sites is 5. The molecular weight excluding hydrogens is 823 g/mol. The van der Waals surface area contributed by atoms with Gasteiger partial charge in [-0.2, -0.15) is 0 Å². The van der Waals surface area contributed by atoms with Crippen LogP contribution in [-0.4, -0.2) is 4.57 Å². The van der Waals surface area contributed by atoms with Gasteiger partial charge in [-0.3, -0.25) is 0 Å². The zero-order chi connectivity index (χ0) is 44.8. The molecule has 1 atom stereocenters. The van der Waals surface area contributed by atoms with Crippen molar-refractivity contribution in [2.45, 2.75) is 5.41 Å². The van der Waals surface area contributed by atoms with Crippen molar-refractivity contribution in [1.29, 1.82) is 0 Å². The third-order valence-electron chi connectivity index (χ3n) is 14.5. The molecule has 0 fully saturated rings. The number of fused-ring (bicyclic) bond motifs is 14. The lowest BCUT2D eigenvalue weighted by molar-refractivity contribution is 0.794. The summed E-state index contributed by atoms with van der Waals surface area (Å²) in [7, 11) is 0. The molecule has 3 heteroatoms. The lowest BCUT2D eigenvalue weighted by Gasteiger charge is -2.37. The van der Waals surface area contributed by atoms with Crippen LogP contribution in [0.25, 0.3) is 60.5 Å². The van der Waals surface area contributed by atoms with E-state index in [1.807, 2.05) is 0 Å². The highest BCUT2D eigenvalue weighted by Gasteiger charge is 2.54. The Morgan fingerprint density at radius 1 is 0.294 bits per heavy atom. The first-order valence-corrected chi connectivity index (χ1v) is 23.5. The summed E-state index contributed by atoms with van der Waals surface area (Å²) >= 11 is 0. The molecule has 2 aliphatic carbocycles. The van der Waals surface area contributed by atoms with Crippen molar-refractivity contribution in [2.24, 2.45) is 0 Å². The van der Waals surface area contributed by atoms with Gasteiger partial charge in [-0.15, -0.1) is 0 Å². The topological polar surface area (TPSA) is 11.4 Å². The number of hydrogen-bond acceptors (Lipinski definition) is 2. The minimum absolute atomic E-state index is 0.638. The monoisotopic (exact) mass is 865 g/mol. The van der Waals surface area contributed by atoms with E-state index in [9.17, 15) is 0 Å². The number of benzene rings is 11. The molecule has 0 bridgehead atoms. The fourth-order valence-electron chi connectivity index (χ4n) is 11.8. The first kappa shape index (κ1) is 38.4. The molecule has 14 rings (SSSR count). The standard InChI is InChI=1S/C65H43N3/c1-5-22-45(23-6-1)66(46-24-7-2-8-25-46)49-37-39-60-55(42-49)52-31-15-18-34-58(52)65(60)59-35-19-16-32-53(59)57-41-44-21-13-14-30-51(44)64(63(57)65)67(47-26-9-3-10-27-47)50-38-40-62-56(43-50)54-33-17-20-36-61(54)68(62)48-28-11-4-12-29-48/h1-43H. The predicted molar refractivity (Wildman–Crippen MR) is 284 cm³/mol. The van der Waals surface area contributed by atoms with Gasteiger partial charge in [-0.1, -0.05) is 170 Å². The van der Waals surface area contributed by atoms with Crippen LogP contribution in [0.15, 0.2) is 261 Å². The van der Waals surface area contributed by atoms with E-state index in [-0.39, 0.29) is 0 Å². The minimum atomic E-state index is -0.638. The van der Waals surface area contributed by atoms with Gasteiger partial charge in [0.05, 0.1) is 22.1 Å². The fraction of sp³-hybridized carbons (Fsp3) is 0.0154. The van der Waals surface area contributed by atoms with Gasteiger partial charge in [0, 0.05) is 55.8 Å². The molecule has 68 heavy (non-hydrogen) atoms. The molecule has 3 nitrogen and oxygen atoms in total. The number of aromatic nitrogens is 1. The van der Waals surface area contributed by atoms with Gasteiger partial charge in [0.2, 0.25) is 0 Å². The fourth-order valence-corrected chi connectivity index (χ4v) is 11.8. The Labute approximate surface area is 395 Å². The van der Waals surface area contributed by atoms with Crippen LogP contribution in [0.2, 0.25) is 0 Å². The van der Waals surface area contributed by atoms with Crippen LogP contribution in [0.5, 0.6) is 0 Å². The van der Waals surface area contributed by atoms with Gasteiger partial charge in [-0.05, 0) is 135 Å². The van der Waals surface area contributed by atoms with E-state index >= 15 is 0 Å². The molecule has 0 saturated heterocycles. The second-order valence-electron chi connectivity index (χ2n) is 18.0. The molecule has 0 aliphatic heterocycles. The number of hydrogen-bond donors (Lipinski definition) is 0. The molecule has 1 unspecified atom stereocenters. The minimum Gasteiger partial charge on any atom is -0.310 e. The zero-order valence-electron chi connectivity index (χ0n) is 37.2. The van der Waals surface area contributed by atoms with Crippen LogP contribution in [0.4, 0.5) is 34.1 Å². The van der Waals surface area contributed by atoms with Crippen molar-refractivity contribution in [1.82, 2.24) is 4.57 Å². The Morgan fingerprint density at radius 3 is 1.46 bits per heavy atom. The lowest BCUT2D eigenvalue weighted by atomic mass is 9.69. The normalized spacial score (nSPS) is 14.2. The van der Waals surface area contributed by atoms with Crippen LogP contribution in [-0.2, 0) is 5.41 Å². The maximum Gasteiger partial charge on any atom is 0.0746 e. The molecule has 0 saturated carbocycles. The quantitative estimate of drug-likeness (QED) is 0.158. The highest BCUT2D eigenvalue weighted by molar-refractivity contribution is 6.13. The van der Waals surface area contributed by atoms with Crippen molar-refractivity contribution in [3.05, 3.63) is 283 Å². The number of nitrogens with zero attached hydrogens (tertiary/aromatic N) is 3. The van der Waals surface area contributed by atoms with Gasteiger partial charge in [-0.25, -0.2) is 0 Å². The summed E-state index contributed by atoms with van der Waals surface area (Å²) in [6, 6.07) is 96.2. The molecule has 318 valence electrons. The average molecular weight is 866 g/mol. The van der Waals surface area contributed by atoms with Crippen LogP contribution in [0, 0.1) is 0 Å². The molecule has 1 heterocycles. The Balaban J connectivity index is 1.08. The molecular formula is C65H43N3. The summed E-state index contributed by atoms with van der Waals surface area (Å²) in [5, 5.41) is 4.85. The van der Waals surface area contributed by atoms with E-state index in [2.05, 4.69) is 275 Å². The van der Waals surface area contributed by atoms with E-state index in [1.165, 1.54) is 82.8 Å². The highest BCUT2D eigenvalue weighted by atomic mass is 15.2. The SMILES string of the molecule is c1ccc(N(c2ccccc2)c2ccc3c(c2)-c2ccccc2C32c3ccccc3-c3cc4ccccc4c(N(c4ccccc4)c4ccc5c(c4)c4ccccc4n5-c4ccccc4)c32)cc1. The molecule has 0 amide bonds. The summed E-state index contributed by atoms with van der Waals surface area (Å²) in [4.78, 5) is 4.94. The van der Waals surface area contributed by atoms with Crippen LogP contribution in [0.3, 0.4) is 0 Å². The maximum atomic E-state index is 2.56. The van der Waals surface area contributed by atoms with Crippen molar-refractivity contribution in [3.8, 4) is 27.9 Å². The Morgan fingerprint density at radius 2 is 0.779 bits per heavy atom. The zero-order valence-corrected chi connectivity index (χ0v) is 37.2. The molecule has 11 aromatic carbocycles. The third kappa shape index (κ3) is 5.47. The van der Waals surface area contributed by atoms with E-state index < -0.39 is 5.41 Å². The van der Waals surface area contributed by atoms with Gasteiger partial charge in [0.25, 0.3) is 0 Å². The third-order valence-corrected chi connectivity index (χ3v) is 14.5. The summed E-state index contributed by atoms with van der Waals surface area (Å²) < 4.78 is 2.40. The lowest BCUT2D eigenvalue weighted by Crippen LogP contribution is -2.28. The van der Waals surface area contributed by atoms with Gasteiger partial charge in [0.15, 0.2) is 0 Å². The van der Waals surface area contributed by atoms with Crippen LogP contribution >= 0.6 is 0 Å². The first-order chi connectivity index (χ1) is 33.8. The summed E-state index contributed by atoms with van der Waals surface area (Å²) in [6.45, 7) is 0. The van der Waals surface area contributed by atoms with Crippen molar-refractivity contribution >= 4 is 66.7 Å². The number of anilines is 6. The average Bonchev–Trinajstić information content (AvgIpc) is 4.01. The summed E-state index contributed by atoms with van der Waals surface area (Å²) in [5.41, 5.74) is 19.9. The van der Waals surface area contributed by atoms with E-state index in [1.54, 1.807) is 0 Å². The largest absolute Gasteiger partial charge is 0.310 e. The van der Waals surface area contributed by atoms with Crippen molar-refractivity contribution in [2.75, 3.05) is 9.80 Å². The smallest absolute Gasteiger partial charge is 0.0746 e. The summed E-state index contributed by atoms with van der Waals surface area (Å²) in [5.74, 6) is 0. The van der Waals surface area contributed by atoms with Crippen molar-refractivity contribution < 1.29 is 0 Å². The highest BCUT2D eigenvalue weighted by Crippen LogP contribution is 2.67. The van der Waals surface area contributed by atoms with Crippen LogP contribution in [0.1, 0.15) is 22.3 Å². The van der Waals surface area contributed by atoms with Crippen LogP contribution < -0.4 is 9.80 Å². The molecule has 1 aromatic heterocycles. The Kier molecular flexibility index (Phi) is 8.50. The molecule has 0 N–H and O–H groups in total. The molecule has 2 aliphatic rings. The first-order valence-electron chi connectivity index (χ1n) is 23.5. The van der Waals surface area contributed by atoms with Crippen molar-refractivity contribution in [3.63, 3.8) is 0 Å².